The first kappa shape index (κ1) is 11.4. The van der Waals surface area contributed by atoms with E-state index in [0.29, 0.717) is 22.4 Å². The van der Waals surface area contributed by atoms with E-state index in [9.17, 15) is 9.90 Å². The van der Waals surface area contributed by atoms with E-state index in [1.807, 2.05) is 0 Å². The van der Waals surface area contributed by atoms with Crippen LogP contribution in [0.25, 0.3) is 5.76 Å². The Bertz CT molecular complexity index is 542. The number of fused-ring (bicyclic) bond motifs is 1. The van der Waals surface area contributed by atoms with Crippen molar-refractivity contribution >= 4 is 17.3 Å². The lowest BCUT2D eigenvalue weighted by Crippen LogP contribution is -2.12. The van der Waals surface area contributed by atoms with Crippen LogP contribution < -0.4 is 0 Å². The van der Waals surface area contributed by atoms with Crippen molar-refractivity contribution in [3.05, 3.63) is 41.0 Å². The van der Waals surface area contributed by atoms with Crippen molar-refractivity contribution < 1.29 is 9.90 Å². The van der Waals surface area contributed by atoms with Crippen molar-refractivity contribution in [2.24, 2.45) is 5.10 Å². The molecule has 0 saturated heterocycles. The van der Waals surface area contributed by atoms with Gasteiger partial charge in [0.1, 0.15) is 5.76 Å². The van der Waals surface area contributed by atoms with Crippen LogP contribution in [0.2, 0.25) is 0 Å². The van der Waals surface area contributed by atoms with Crippen molar-refractivity contribution in [3.8, 4) is 0 Å². The fourth-order valence-electron chi connectivity index (χ4n) is 1.95. The average molecular weight is 230 g/mol. The summed E-state index contributed by atoms with van der Waals surface area (Å²) in [5, 5.41) is 15.8. The highest BCUT2D eigenvalue weighted by Gasteiger charge is 2.30. The van der Waals surface area contributed by atoms with E-state index in [1.165, 1.54) is 0 Å². The monoisotopic (exact) mass is 230 g/mol. The Morgan fingerprint density at radius 2 is 1.82 bits per heavy atom. The molecule has 1 aliphatic carbocycles. The quantitative estimate of drug-likeness (QED) is 0.625. The number of aliphatic hydroxyl groups is 1. The maximum absolute atomic E-state index is 12.1. The van der Waals surface area contributed by atoms with Crippen LogP contribution in [0.15, 0.2) is 34.9 Å². The number of hydrogen-bond donors (Lipinski definition) is 1. The van der Waals surface area contributed by atoms with Gasteiger partial charge in [0.2, 0.25) is 0 Å². The summed E-state index contributed by atoms with van der Waals surface area (Å²) in [6.45, 7) is 1.72. The topological polar surface area (TPSA) is 52.9 Å². The number of ketones is 1. The van der Waals surface area contributed by atoms with Gasteiger partial charge in [-0.05, 0) is 6.92 Å². The third kappa shape index (κ3) is 1.82. The Labute approximate surface area is 99.9 Å². The molecule has 0 amide bonds. The summed E-state index contributed by atoms with van der Waals surface area (Å²) in [6.07, 6.45) is 0. The van der Waals surface area contributed by atoms with Crippen molar-refractivity contribution in [2.45, 2.75) is 6.92 Å². The number of rotatable bonds is 2. The van der Waals surface area contributed by atoms with Crippen molar-refractivity contribution in [1.82, 2.24) is 5.01 Å². The van der Waals surface area contributed by atoms with Gasteiger partial charge in [0.25, 0.3) is 0 Å². The van der Waals surface area contributed by atoms with Crippen molar-refractivity contribution in [2.75, 3.05) is 14.1 Å². The smallest absolute Gasteiger partial charge is 0.199 e. The first-order valence-corrected chi connectivity index (χ1v) is 5.32. The first-order chi connectivity index (χ1) is 8.02. The van der Waals surface area contributed by atoms with E-state index in [2.05, 4.69) is 5.10 Å². The van der Waals surface area contributed by atoms with Crippen LogP contribution in [-0.4, -0.2) is 35.7 Å². The molecule has 1 aromatic carbocycles. The van der Waals surface area contributed by atoms with Gasteiger partial charge in [0, 0.05) is 25.2 Å². The summed E-state index contributed by atoms with van der Waals surface area (Å²) in [5.41, 5.74) is 1.93. The van der Waals surface area contributed by atoms with Crippen LogP contribution in [0.3, 0.4) is 0 Å². The fourth-order valence-corrected chi connectivity index (χ4v) is 1.95. The van der Waals surface area contributed by atoms with Crippen molar-refractivity contribution in [3.63, 3.8) is 0 Å². The maximum atomic E-state index is 12.1. The van der Waals surface area contributed by atoms with Crippen LogP contribution in [0.5, 0.6) is 0 Å². The molecule has 4 heteroatoms. The number of nitrogens with zero attached hydrogens (tertiary/aromatic N) is 2. The molecule has 0 spiro atoms. The van der Waals surface area contributed by atoms with E-state index in [0.717, 1.165) is 0 Å². The second-order valence-electron chi connectivity index (χ2n) is 4.13. The van der Waals surface area contributed by atoms with E-state index in [-0.39, 0.29) is 11.5 Å². The molecule has 0 aromatic heterocycles. The Hall–Kier alpha value is -2.10. The number of carbonyl (C=O) groups excluding carboxylic acids is 1. The molecule has 0 radical (unpaired) electrons. The third-order valence-corrected chi connectivity index (χ3v) is 2.60. The molecule has 17 heavy (non-hydrogen) atoms. The number of hydrogen-bond acceptors (Lipinski definition) is 4. The molecule has 0 fully saturated rings. The predicted molar refractivity (Wildman–Crippen MR) is 67.1 cm³/mol. The van der Waals surface area contributed by atoms with Crippen molar-refractivity contribution in [1.29, 1.82) is 0 Å². The van der Waals surface area contributed by atoms with Gasteiger partial charge in [-0.2, -0.15) is 5.10 Å². The SMILES string of the molecule is C/C(=N\N(C)C)C1=C(O)c2ccccc2C1=O. The van der Waals surface area contributed by atoms with Crippen LogP contribution >= 0.6 is 0 Å². The van der Waals surface area contributed by atoms with Crippen LogP contribution in [-0.2, 0) is 0 Å². The zero-order valence-corrected chi connectivity index (χ0v) is 10.1. The number of hydrazone groups is 1. The molecular weight excluding hydrogens is 216 g/mol. The van der Waals surface area contributed by atoms with Gasteiger partial charge < -0.3 is 10.1 Å². The van der Waals surface area contributed by atoms with Gasteiger partial charge in [-0.3, -0.25) is 4.79 Å². The Kier molecular flexibility index (Phi) is 2.71. The maximum Gasteiger partial charge on any atom is 0.199 e. The van der Waals surface area contributed by atoms with Crippen LogP contribution in [0.4, 0.5) is 0 Å². The van der Waals surface area contributed by atoms with Gasteiger partial charge in [-0.25, -0.2) is 0 Å². The predicted octanol–water partition coefficient (Wildman–Crippen LogP) is 2.09. The molecular formula is C13H14N2O2. The molecule has 4 nitrogen and oxygen atoms in total. The normalized spacial score (nSPS) is 15.2. The highest BCUT2D eigenvalue weighted by atomic mass is 16.3. The fraction of sp³-hybridized carbons (Fsp3) is 0.231. The summed E-state index contributed by atoms with van der Waals surface area (Å²) in [7, 11) is 3.54. The lowest BCUT2D eigenvalue weighted by Gasteiger charge is -2.07. The average Bonchev–Trinajstić information content (AvgIpc) is 2.51. The van der Waals surface area contributed by atoms with E-state index >= 15 is 0 Å². The zero-order valence-electron chi connectivity index (χ0n) is 10.1. The minimum atomic E-state index is -0.166. The molecule has 1 aliphatic rings. The molecule has 1 aromatic rings. The molecule has 1 N–H and O–H groups in total. The summed E-state index contributed by atoms with van der Waals surface area (Å²) in [5.74, 6) is -0.144. The van der Waals surface area contributed by atoms with E-state index in [4.69, 9.17) is 0 Å². The first-order valence-electron chi connectivity index (χ1n) is 5.32. The van der Waals surface area contributed by atoms with Gasteiger partial charge >= 0.3 is 0 Å². The number of benzene rings is 1. The van der Waals surface area contributed by atoms with E-state index in [1.54, 1.807) is 50.3 Å². The molecule has 0 aliphatic heterocycles. The number of allylic oxidation sites excluding steroid dienone is 1. The largest absolute Gasteiger partial charge is 0.506 e. The summed E-state index contributed by atoms with van der Waals surface area (Å²) in [6, 6.07) is 7.03. The molecule has 0 bridgehead atoms. The molecule has 0 saturated carbocycles. The number of Topliss-reactive ketones (excluding diaryl/α,β-unsaturated/α-hetero) is 1. The minimum absolute atomic E-state index is 0.0219. The minimum Gasteiger partial charge on any atom is -0.506 e. The summed E-state index contributed by atoms with van der Waals surface area (Å²) >= 11 is 0. The molecule has 2 rings (SSSR count). The number of carbonyl (C=O) groups is 1. The lowest BCUT2D eigenvalue weighted by molar-refractivity contribution is 0.104. The van der Waals surface area contributed by atoms with Gasteiger partial charge in [0.05, 0.1) is 11.3 Å². The summed E-state index contributed by atoms with van der Waals surface area (Å²) in [4.78, 5) is 12.1. The molecule has 0 heterocycles. The van der Waals surface area contributed by atoms with Gasteiger partial charge in [0.15, 0.2) is 5.78 Å². The Morgan fingerprint density at radius 3 is 2.35 bits per heavy atom. The molecule has 0 atom stereocenters. The second-order valence-corrected chi connectivity index (χ2v) is 4.13. The Balaban J connectivity index is 2.53. The highest BCUT2D eigenvalue weighted by Crippen LogP contribution is 2.31. The van der Waals surface area contributed by atoms with Gasteiger partial charge in [-0.1, -0.05) is 24.3 Å². The van der Waals surface area contributed by atoms with Gasteiger partial charge in [-0.15, -0.1) is 0 Å². The molecule has 0 unspecified atom stereocenters. The second kappa shape index (κ2) is 4.05. The summed E-state index contributed by atoms with van der Waals surface area (Å²) < 4.78 is 0. The van der Waals surface area contributed by atoms with E-state index < -0.39 is 0 Å². The highest BCUT2D eigenvalue weighted by molar-refractivity contribution is 6.35. The molecule has 88 valence electrons. The lowest BCUT2D eigenvalue weighted by atomic mass is 10.1. The third-order valence-electron chi connectivity index (χ3n) is 2.60. The Morgan fingerprint density at radius 1 is 1.24 bits per heavy atom. The number of aliphatic hydroxyl groups excluding tert-OH is 1. The zero-order chi connectivity index (χ0) is 12.6. The standard InChI is InChI=1S/C13H14N2O2/c1-8(14-15(2)3)11-12(16)9-6-4-5-7-10(9)13(11)17/h4-7,16H,1-3H3/b14-8+. The van der Waals surface area contributed by atoms with Crippen LogP contribution in [0.1, 0.15) is 22.8 Å². The van der Waals surface area contributed by atoms with Crippen LogP contribution in [0, 0.1) is 0 Å².